The molecule has 10 heteroatoms. The number of piperazine rings is 1. The molecule has 2 aromatic rings. The van der Waals surface area contributed by atoms with Gasteiger partial charge in [-0.3, -0.25) is 9.59 Å². The Balaban J connectivity index is 1.77. The van der Waals surface area contributed by atoms with Gasteiger partial charge in [0.1, 0.15) is 0 Å². The number of nitrogens with zero attached hydrogens (tertiary/aromatic N) is 1. The Morgan fingerprint density at radius 2 is 1.83 bits per heavy atom. The molecule has 0 aromatic heterocycles. The number of rotatable bonds is 5. The number of carbonyl (C=O) groups excluding carboxylic acids is 3. The summed E-state index contributed by atoms with van der Waals surface area (Å²) in [5, 5.41) is 5.21. The lowest BCUT2D eigenvalue weighted by molar-refractivity contribution is -0.122. The Kier molecular flexibility index (Phi) is 5.95. The Hall–Kier alpha value is -3.24. The predicted molar refractivity (Wildman–Crippen MR) is 104 cm³/mol. The van der Waals surface area contributed by atoms with E-state index in [1.807, 2.05) is 0 Å². The number of ether oxygens (including phenoxy) is 1. The van der Waals surface area contributed by atoms with E-state index in [2.05, 4.69) is 15.4 Å². The van der Waals surface area contributed by atoms with E-state index >= 15 is 0 Å². The van der Waals surface area contributed by atoms with Crippen molar-refractivity contribution in [1.82, 2.24) is 9.62 Å². The van der Waals surface area contributed by atoms with Crippen molar-refractivity contribution in [3.8, 4) is 0 Å². The van der Waals surface area contributed by atoms with Crippen LogP contribution < -0.4 is 10.6 Å². The molecule has 1 heterocycles. The largest absolute Gasteiger partial charge is 0.465 e. The van der Waals surface area contributed by atoms with Gasteiger partial charge in [0, 0.05) is 24.3 Å². The molecule has 1 aliphatic rings. The van der Waals surface area contributed by atoms with Crippen molar-refractivity contribution in [2.45, 2.75) is 4.90 Å². The molecule has 1 fully saturated rings. The van der Waals surface area contributed by atoms with Crippen LogP contribution in [0.25, 0.3) is 0 Å². The van der Waals surface area contributed by atoms with Gasteiger partial charge in [-0.05, 0) is 42.5 Å². The van der Waals surface area contributed by atoms with Gasteiger partial charge in [0.2, 0.25) is 15.9 Å². The molecule has 3 rings (SSSR count). The van der Waals surface area contributed by atoms with Gasteiger partial charge in [-0.2, -0.15) is 4.31 Å². The first-order valence-corrected chi connectivity index (χ1v) is 10.1. The number of sulfonamides is 1. The number of hydrogen-bond donors (Lipinski definition) is 2. The van der Waals surface area contributed by atoms with Gasteiger partial charge in [-0.1, -0.05) is 6.07 Å². The van der Waals surface area contributed by atoms with Gasteiger partial charge in [0.05, 0.1) is 24.1 Å². The summed E-state index contributed by atoms with van der Waals surface area (Å²) in [6.45, 7) is 0.141. The minimum Gasteiger partial charge on any atom is -0.465 e. The average Bonchev–Trinajstić information content (AvgIpc) is 2.73. The normalized spacial score (nSPS) is 14.7. The van der Waals surface area contributed by atoms with Crippen LogP contribution in [0.4, 0.5) is 5.69 Å². The first-order valence-electron chi connectivity index (χ1n) is 8.68. The van der Waals surface area contributed by atoms with Crippen molar-refractivity contribution < 1.29 is 27.5 Å². The van der Waals surface area contributed by atoms with Gasteiger partial charge >= 0.3 is 5.97 Å². The Bertz CT molecular complexity index is 1050. The van der Waals surface area contributed by atoms with Crippen molar-refractivity contribution in [3.63, 3.8) is 0 Å². The molecule has 0 atom stereocenters. The number of anilines is 1. The van der Waals surface area contributed by atoms with Crippen LogP contribution >= 0.6 is 0 Å². The van der Waals surface area contributed by atoms with E-state index < -0.39 is 21.9 Å². The molecule has 0 aliphatic carbocycles. The fourth-order valence-electron chi connectivity index (χ4n) is 2.78. The summed E-state index contributed by atoms with van der Waals surface area (Å²) in [7, 11) is -2.63. The maximum absolute atomic E-state index is 12.8. The van der Waals surface area contributed by atoms with Crippen LogP contribution in [0.2, 0.25) is 0 Å². The third-order valence-corrected chi connectivity index (χ3v) is 6.14. The summed E-state index contributed by atoms with van der Waals surface area (Å²) < 4.78 is 31.2. The van der Waals surface area contributed by atoms with Crippen molar-refractivity contribution in [2.75, 3.05) is 32.1 Å². The summed E-state index contributed by atoms with van der Waals surface area (Å²) in [5.41, 5.74) is 0.914. The summed E-state index contributed by atoms with van der Waals surface area (Å²) >= 11 is 0. The lowest BCUT2D eigenvalue weighted by Gasteiger charge is -2.26. The molecule has 2 aromatic carbocycles. The summed E-state index contributed by atoms with van der Waals surface area (Å²) in [4.78, 5) is 35.4. The van der Waals surface area contributed by atoms with Gasteiger partial charge in [-0.15, -0.1) is 0 Å². The van der Waals surface area contributed by atoms with E-state index in [-0.39, 0.29) is 36.0 Å². The van der Waals surface area contributed by atoms with E-state index in [0.29, 0.717) is 11.3 Å². The van der Waals surface area contributed by atoms with Crippen LogP contribution in [0.3, 0.4) is 0 Å². The van der Waals surface area contributed by atoms with E-state index in [0.717, 1.165) is 4.31 Å². The highest BCUT2D eigenvalue weighted by molar-refractivity contribution is 7.89. The molecule has 0 spiro atoms. The van der Waals surface area contributed by atoms with Crippen molar-refractivity contribution in [2.24, 2.45) is 0 Å². The monoisotopic (exact) mass is 417 g/mol. The molecule has 0 bridgehead atoms. The maximum Gasteiger partial charge on any atom is 0.337 e. The van der Waals surface area contributed by atoms with Crippen molar-refractivity contribution >= 4 is 33.5 Å². The zero-order chi connectivity index (χ0) is 21.0. The fraction of sp³-hybridized carbons (Fsp3) is 0.211. The zero-order valence-corrected chi connectivity index (χ0v) is 16.4. The second-order valence-electron chi connectivity index (χ2n) is 6.24. The summed E-state index contributed by atoms with van der Waals surface area (Å²) in [5.74, 6) is -1.37. The highest BCUT2D eigenvalue weighted by Gasteiger charge is 2.29. The number of methoxy groups -OCH3 is 1. The molecular weight excluding hydrogens is 398 g/mol. The number of benzene rings is 2. The van der Waals surface area contributed by atoms with E-state index in [1.54, 1.807) is 0 Å². The van der Waals surface area contributed by atoms with E-state index in [4.69, 9.17) is 0 Å². The Morgan fingerprint density at radius 3 is 2.48 bits per heavy atom. The number of nitrogens with one attached hydrogen (secondary N) is 2. The van der Waals surface area contributed by atoms with Crippen LogP contribution in [0.15, 0.2) is 53.4 Å². The lowest BCUT2D eigenvalue weighted by Crippen LogP contribution is -2.49. The molecule has 2 N–H and O–H groups in total. The van der Waals surface area contributed by atoms with Gasteiger partial charge < -0.3 is 15.4 Å². The zero-order valence-electron chi connectivity index (χ0n) is 15.5. The maximum atomic E-state index is 12.8. The first kappa shape index (κ1) is 20.5. The fourth-order valence-corrected chi connectivity index (χ4v) is 4.22. The average molecular weight is 417 g/mol. The quantitative estimate of drug-likeness (QED) is 0.696. The standard InChI is InChI=1S/C19H19N3O6S/c1-28-19(25)13-5-7-15(8-6-13)21-18(24)14-3-2-4-16(11-14)29(26,27)22-10-9-20-17(23)12-22/h2-8,11H,9-10,12H2,1H3,(H,20,23)(H,21,24). The van der Waals surface area contributed by atoms with Crippen LogP contribution in [0.5, 0.6) is 0 Å². The molecule has 1 aliphatic heterocycles. The molecule has 29 heavy (non-hydrogen) atoms. The van der Waals surface area contributed by atoms with Crippen LogP contribution in [0, 0.1) is 0 Å². The molecule has 152 valence electrons. The summed E-state index contributed by atoms with van der Waals surface area (Å²) in [6, 6.07) is 11.7. The minimum atomic E-state index is -3.90. The molecule has 2 amide bonds. The van der Waals surface area contributed by atoms with Crippen molar-refractivity contribution in [3.05, 3.63) is 59.7 Å². The topological polar surface area (TPSA) is 122 Å². The number of amides is 2. The Morgan fingerprint density at radius 1 is 1.10 bits per heavy atom. The number of carbonyl (C=O) groups is 3. The van der Waals surface area contributed by atoms with Gasteiger partial charge in [0.15, 0.2) is 0 Å². The molecule has 1 saturated heterocycles. The number of hydrogen-bond acceptors (Lipinski definition) is 6. The SMILES string of the molecule is COC(=O)c1ccc(NC(=O)c2cccc(S(=O)(=O)N3CCNC(=O)C3)c2)cc1. The first-order chi connectivity index (χ1) is 13.8. The molecule has 0 saturated carbocycles. The van der Waals surface area contributed by atoms with Crippen LogP contribution in [-0.4, -0.2) is 57.3 Å². The Labute approximate surface area is 167 Å². The smallest absolute Gasteiger partial charge is 0.337 e. The summed E-state index contributed by atoms with van der Waals surface area (Å²) in [6.07, 6.45) is 0. The molecule has 0 unspecified atom stereocenters. The van der Waals surface area contributed by atoms with Crippen LogP contribution in [0.1, 0.15) is 20.7 Å². The molecule has 9 nitrogen and oxygen atoms in total. The van der Waals surface area contributed by atoms with E-state index in [1.165, 1.54) is 55.6 Å². The lowest BCUT2D eigenvalue weighted by atomic mass is 10.2. The van der Waals surface area contributed by atoms with Gasteiger partial charge in [0.25, 0.3) is 5.91 Å². The second-order valence-corrected chi connectivity index (χ2v) is 8.18. The second kappa shape index (κ2) is 8.41. The highest BCUT2D eigenvalue weighted by Crippen LogP contribution is 2.19. The van der Waals surface area contributed by atoms with Gasteiger partial charge in [-0.25, -0.2) is 13.2 Å². The predicted octanol–water partition coefficient (Wildman–Crippen LogP) is 0.846. The third-order valence-electron chi connectivity index (χ3n) is 4.30. The minimum absolute atomic E-state index is 0.0686. The van der Waals surface area contributed by atoms with Crippen molar-refractivity contribution in [1.29, 1.82) is 0 Å². The third kappa shape index (κ3) is 4.61. The molecular formula is C19H19N3O6S. The van der Waals surface area contributed by atoms with E-state index in [9.17, 15) is 22.8 Å². The highest BCUT2D eigenvalue weighted by atomic mass is 32.2. The van der Waals surface area contributed by atoms with Crippen LogP contribution in [-0.2, 0) is 19.6 Å². The number of esters is 1. The molecule has 0 radical (unpaired) electrons.